The largest absolute Gasteiger partial charge is 0.483 e. The van der Waals surface area contributed by atoms with E-state index in [9.17, 15) is 4.79 Å². The van der Waals surface area contributed by atoms with Gasteiger partial charge in [0.2, 0.25) is 6.41 Å². The Morgan fingerprint density at radius 3 is 2.74 bits per heavy atom. The maximum absolute atomic E-state index is 11.6. The number of aryl methyl sites for hydroxylation is 1. The Bertz CT molecular complexity index is 1340. The van der Waals surface area contributed by atoms with Crippen LogP contribution in [-0.4, -0.2) is 47.5 Å². The Kier molecular flexibility index (Phi) is 4.92. The number of hydrogen-bond acceptors (Lipinski definition) is 3. The first-order chi connectivity index (χ1) is 16.9. The van der Waals surface area contributed by atoms with Gasteiger partial charge in [0.25, 0.3) is 0 Å². The molecule has 5 nitrogen and oxygen atoms in total. The molecule has 0 N–H and O–H groups in total. The molecule has 1 unspecified atom stereocenters. The average Bonchev–Trinajstić information content (AvgIpc) is 3.37. The van der Waals surface area contributed by atoms with Gasteiger partial charge in [0.1, 0.15) is 11.9 Å². The number of rotatable bonds is 3. The summed E-state index contributed by atoms with van der Waals surface area (Å²) in [5.74, 6) is 1.13. The molecule has 1 spiro atoms. The van der Waals surface area contributed by atoms with Crippen LogP contribution in [0.2, 0.25) is 0 Å². The number of carbonyl (C=O) groups excluding carboxylic acids is 1. The van der Waals surface area contributed by atoms with Crippen molar-refractivity contribution in [1.29, 1.82) is 0 Å². The Balaban J connectivity index is 0.00000112. The molecule has 4 aliphatic rings. The molecular weight excluding hydrogens is 434 g/mol. The summed E-state index contributed by atoms with van der Waals surface area (Å²) in [6.45, 7) is 10.4. The van der Waals surface area contributed by atoms with Gasteiger partial charge in [-0.3, -0.25) is 4.79 Å². The van der Waals surface area contributed by atoms with Gasteiger partial charge < -0.3 is 19.1 Å². The second-order valence-corrected chi connectivity index (χ2v) is 11.1. The van der Waals surface area contributed by atoms with Crippen LogP contribution < -0.4 is 4.74 Å². The quantitative estimate of drug-likeness (QED) is 0.492. The Labute approximate surface area is 208 Å². The smallest absolute Gasteiger partial charge is 0.210 e. The van der Waals surface area contributed by atoms with E-state index in [1.165, 1.54) is 38.9 Å². The van der Waals surface area contributed by atoms with Crippen molar-refractivity contribution < 1.29 is 9.53 Å². The number of likely N-dealkylation sites (N-methyl/N-ethyl adjacent to an activating group) is 1. The van der Waals surface area contributed by atoms with Gasteiger partial charge in [-0.15, -0.1) is 0 Å². The van der Waals surface area contributed by atoms with Gasteiger partial charge in [-0.05, 0) is 62.5 Å². The lowest BCUT2D eigenvalue weighted by Gasteiger charge is -2.64. The minimum atomic E-state index is -0.0298. The molecule has 184 valence electrons. The summed E-state index contributed by atoms with van der Waals surface area (Å²) in [5.41, 5.74) is 8.18. The van der Waals surface area contributed by atoms with E-state index >= 15 is 0 Å². The topological polar surface area (TPSA) is 37.7 Å². The zero-order valence-electron chi connectivity index (χ0n) is 21.9. The Morgan fingerprint density at radius 2 is 1.97 bits per heavy atom. The first-order valence-corrected chi connectivity index (χ1v) is 13.2. The molecule has 1 amide bonds. The maximum atomic E-state index is 11.6. The fraction of sp³-hybridized carbons (Fsp3) is 0.500. The molecule has 4 atom stereocenters. The number of amides is 1. The van der Waals surface area contributed by atoms with Crippen molar-refractivity contribution in [1.82, 2.24) is 14.4 Å². The third-order valence-corrected chi connectivity index (χ3v) is 9.59. The van der Waals surface area contributed by atoms with Crippen LogP contribution >= 0.6 is 0 Å². The van der Waals surface area contributed by atoms with Crippen LogP contribution in [0.15, 0.2) is 36.4 Å². The van der Waals surface area contributed by atoms with Crippen molar-refractivity contribution in [2.45, 2.75) is 71.2 Å². The van der Waals surface area contributed by atoms with E-state index in [-0.39, 0.29) is 16.9 Å². The number of carbonyl (C=O) groups is 1. The van der Waals surface area contributed by atoms with Gasteiger partial charge >= 0.3 is 0 Å². The number of likely N-dealkylation sites (tertiary alicyclic amines) is 1. The van der Waals surface area contributed by atoms with Crippen LogP contribution in [-0.2, 0) is 29.7 Å². The summed E-state index contributed by atoms with van der Waals surface area (Å²) in [4.78, 5) is 16.0. The zero-order valence-corrected chi connectivity index (χ0v) is 21.9. The van der Waals surface area contributed by atoms with Gasteiger partial charge in [-0.1, -0.05) is 51.1 Å². The van der Waals surface area contributed by atoms with E-state index < -0.39 is 0 Å². The highest BCUT2D eigenvalue weighted by atomic mass is 16.5. The molecule has 1 saturated heterocycles. The second-order valence-electron chi connectivity index (χ2n) is 11.1. The number of aromatic nitrogens is 1. The lowest BCUT2D eigenvalue weighted by Crippen LogP contribution is -2.68. The first-order valence-electron chi connectivity index (χ1n) is 13.2. The molecule has 7 rings (SSSR count). The predicted molar refractivity (Wildman–Crippen MR) is 140 cm³/mol. The SMILES string of the molecule is CC.Cc1ccc2c3c1OC1c4c(c5ccccc5n4CN(C)C=O)C[C@@]4(C)[C@@H](C2)N(C)CC[C@]314. The maximum Gasteiger partial charge on any atom is 0.210 e. The molecule has 35 heavy (non-hydrogen) atoms. The molecule has 5 heteroatoms. The van der Waals surface area contributed by atoms with Crippen LogP contribution in [0.5, 0.6) is 5.75 Å². The first kappa shape index (κ1) is 22.7. The lowest BCUT2D eigenvalue weighted by atomic mass is 9.44. The number of piperidine rings is 1. The van der Waals surface area contributed by atoms with Crippen LogP contribution in [0.25, 0.3) is 10.9 Å². The second kappa shape index (κ2) is 7.60. The third kappa shape index (κ3) is 2.60. The summed E-state index contributed by atoms with van der Waals surface area (Å²) in [7, 11) is 4.17. The normalized spacial score (nSPS) is 29.5. The lowest BCUT2D eigenvalue weighted by molar-refractivity contribution is -0.118. The minimum Gasteiger partial charge on any atom is -0.483 e. The van der Waals surface area contributed by atoms with Crippen molar-refractivity contribution >= 4 is 17.3 Å². The number of hydrogen-bond donors (Lipinski definition) is 0. The molecule has 2 bridgehead atoms. The average molecular weight is 472 g/mol. The molecule has 2 aliphatic heterocycles. The van der Waals surface area contributed by atoms with Gasteiger partial charge in [-0.2, -0.15) is 0 Å². The summed E-state index contributed by atoms with van der Waals surface area (Å²) >= 11 is 0. The van der Waals surface area contributed by atoms with Crippen LogP contribution in [0.1, 0.15) is 61.2 Å². The Hall–Kier alpha value is -2.79. The van der Waals surface area contributed by atoms with E-state index in [2.05, 4.69) is 66.8 Å². The highest BCUT2D eigenvalue weighted by Crippen LogP contribution is 2.71. The van der Waals surface area contributed by atoms with Gasteiger partial charge in [0.05, 0.1) is 23.3 Å². The van der Waals surface area contributed by atoms with Crippen molar-refractivity contribution in [2.75, 3.05) is 20.6 Å². The molecule has 1 fully saturated rings. The molecule has 3 heterocycles. The third-order valence-electron chi connectivity index (χ3n) is 9.59. The van der Waals surface area contributed by atoms with E-state index in [1.54, 1.807) is 4.90 Å². The predicted octanol–water partition coefficient (Wildman–Crippen LogP) is 5.22. The fourth-order valence-corrected chi connectivity index (χ4v) is 8.12. The zero-order chi connectivity index (χ0) is 24.7. The van der Waals surface area contributed by atoms with Crippen LogP contribution in [0.3, 0.4) is 0 Å². The number of fused-ring (bicyclic) bond motifs is 4. The molecule has 0 saturated carbocycles. The van der Waals surface area contributed by atoms with Gasteiger partial charge in [-0.25, -0.2) is 0 Å². The van der Waals surface area contributed by atoms with Crippen molar-refractivity contribution in [2.24, 2.45) is 5.41 Å². The van der Waals surface area contributed by atoms with E-state index in [1.807, 2.05) is 20.9 Å². The number of benzene rings is 2. The monoisotopic (exact) mass is 471 g/mol. The van der Waals surface area contributed by atoms with Crippen molar-refractivity contribution in [3.05, 3.63) is 64.3 Å². The van der Waals surface area contributed by atoms with E-state index in [0.717, 1.165) is 38.0 Å². The highest BCUT2D eigenvalue weighted by Gasteiger charge is 2.70. The van der Waals surface area contributed by atoms with Gasteiger partial charge in [0.15, 0.2) is 0 Å². The standard InChI is InChI=1S/C28H31N3O2.C2H6/c1-17-9-10-18-13-22-27(2)14-20-19-7-5-6-8-21(19)31(15-29(3)16-32)24(20)26-28(27,11-12-30(22)4)23(18)25(17)33-26;1-2/h5-10,16,22,26H,11-15H2,1-4H3;1-2H3/t22-,26?,27+,28+;/m1./s1. The van der Waals surface area contributed by atoms with Crippen LogP contribution in [0, 0.1) is 12.3 Å². The van der Waals surface area contributed by atoms with Gasteiger partial charge in [0, 0.05) is 29.5 Å². The fourth-order valence-electron chi connectivity index (χ4n) is 8.12. The highest BCUT2D eigenvalue weighted by molar-refractivity contribution is 5.87. The van der Waals surface area contributed by atoms with Crippen molar-refractivity contribution in [3.63, 3.8) is 0 Å². The molecular formula is C30H37N3O2. The van der Waals surface area contributed by atoms with Crippen LogP contribution in [0.4, 0.5) is 0 Å². The molecule has 0 radical (unpaired) electrons. The molecule has 1 aromatic heterocycles. The molecule has 2 aromatic carbocycles. The van der Waals surface area contributed by atoms with Crippen molar-refractivity contribution in [3.8, 4) is 5.75 Å². The Morgan fingerprint density at radius 1 is 1.20 bits per heavy atom. The summed E-state index contributed by atoms with van der Waals surface area (Å²) in [6, 6.07) is 13.8. The van der Waals surface area contributed by atoms with E-state index in [0.29, 0.717) is 12.7 Å². The molecule has 3 aromatic rings. The summed E-state index contributed by atoms with van der Waals surface area (Å²) < 4.78 is 9.44. The number of ether oxygens (including phenoxy) is 1. The number of para-hydroxylation sites is 1. The summed E-state index contributed by atoms with van der Waals surface area (Å²) in [6.07, 6.45) is 4.14. The minimum absolute atomic E-state index is 0.0231. The van der Waals surface area contributed by atoms with E-state index in [4.69, 9.17) is 4.74 Å². The molecule has 2 aliphatic carbocycles. The summed E-state index contributed by atoms with van der Waals surface area (Å²) in [5, 5.41) is 1.31. The number of nitrogens with zero attached hydrogens (tertiary/aromatic N) is 3.